The molecule has 0 aliphatic rings. The molecule has 0 spiro atoms. The van der Waals surface area contributed by atoms with Crippen LogP contribution in [0.15, 0.2) is 22.8 Å². The van der Waals surface area contributed by atoms with Gasteiger partial charge < -0.3 is 10.1 Å². The Morgan fingerprint density at radius 1 is 1.59 bits per heavy atom. The van der Waals surface area contributed by atoms with Crippen LogP contribution in [-0.2, 0) is 9.53 Å². The fraction of sp³-hybridized carbons (Fsp3) is 0.455. The molecule has 0 saturated carbocycles. The molecule has 0 aliphatic heterocycles. The zero-order chi connectivity index (χ0) is 12.7. The average Bonchev–Trinajstić information content (AvgIpc) is 2.29. The number of hydrogen-bond donors (Lipinski definition) is 1. The maximum Gasteiger partial charge on any atom is 0.239 e. The Balaban J connectivity index is 2.36. The van der Waals surface area contributed by atoms with Gasteiger partial charge in [0.25, 0.3) is 0 Å². The predicted octanol–water partition coefficient (Wildman–Crippen LogP) is 1.36. The van der Waals surface area contributed by atoms with Crippen LogP contribution < -0.4 is 5.32 Å². The first-order valence-electron chi connectivity index (χ1n) is 5.20. The fourth-order valence-corrected chi connectivity index (χ4v) is 1.44. The standard InChI is InChI=1S/C11H16BrN3O2/c1-15(5-6-17-2)8-11(16)14-10-4-3-9(12)7-13-10/h3-4,7H,5-6,8H2,1-2H3,(H,13,14,16). The van der Waals surface area contributed by atoms with E-state index in [0.29, 0.717) is 19.0 Å². The van der Waals surface area contributed by atoms with E-state index >= 15 is 0 Å². The van der Waals surface area contributed by atoms with Crippen LogP contribution in [0.4, 0.5) is 5.82 Å². The number of ether oxygens (including phenoxy) is 1. The molecule has 0 saturated heterocycles. The number of anilines is 1. The van der Waals surface area contributed by atoms with Crippen LogP contribution in [0.5, 0.6) is 0 Å². The van der Waals surface area contributed by atoms with Crippen LogP contribution in [0.2, 0.25) is 0 Å². The zero-order valence-electron chi connectivity index (χ0n) is 9.94. The molecule has 0 aliphatic carbocycles. The Bertz CT molecular complexity index is 356. The number of carbonyl (C=O) groups excluding carboxylic acids is 1. The number of nitrogens with zero attached hydrogens (tertiary/aromatic N) is 2. The lowest BCUT2D eigenvalue weighted by Crippen LogP contribution is -2.32. The van der Waals surface area contributed by atoms with E-state index < -0.39 is 0 Å². The molecule has 0 aromatic carbocycles. The third-order valence-electron chi connectivity index (χ3n) is 2.09. The number of amides is 1. The van der Waals surface area contributed by atoms with E-state index in [-0.39, 0.29) is 5.91 Å². The van der Waals surface area contributed by atoms with Crippen molar-refractivity contribution in [2.24, 2.45) is 0 Å². The molecule has 1 N–H and O–H groups in total. The minimum Gasteiger partial charge on any atom is -0.383 e. The van der Waals surface area contributed by atoms with Crippen molar-refractivity contribution in [3.8, 4) is 0 Å². The summed E-state index contributed by atoms with van der Waals surface area (Å²) < 4.78 is 5.82. The fourth-order valence-electron chi connectivity index (χ4n) is 1.20. The van der Waals surface area contributed by atoms with E-state index in [0.717, 1.165) is 11.0 Å². The number of aromatic nitrogens is 1. The van der Waals surface area contributed by atoms with Crippen molar-refractivity contribution in [1.82, 2.24) is 9.88 Å². The first-order valence-corrected chi connectivity index (χ1v) is 6.00. The first kappa shape index (κ1) is 14.1. The van der Waals surface area contributed by atoms with Gasteiger partial charge in [0.1, 0.15) is 5.82 Å². The molecule has 0 atom stereocenters. The van der Waals surface area contributed by atoms with Crippen LogP contribution in [0.1, 0.15) is 0 Å². The van der Waals surface area contributed by atoms with E-state index in [1.54, 1.807) is 19.4 Å². The summed E-state index contributed by atoms with van der Waals surface area (Å²) in [4.78, 5) is 17.6. The SMILES string of the molecule is COCCN(C)CC(=O)Nc1ccc(Br)cn1. The summed E-state index contributed by atoms with van der Waals surface area (Å²) in [6, 6.07) is 3.58. The van der Waals surface area contributed by atoms with Crippen molar-refractivity contribution in [3.63, 3.8) is 0 Å². The topological polar surface area (TPSA) is 54.5 Å². The second-order valence-corrected chi connectivity index (χ2v) is 4.56. The molecule has 0 fully saturated rings. The van der Waals surface area contributed by atoms with Crippen LogP contribution >= 0.6 is 15.9 Å². The Morgan fingerprint density at radius 2 is 2.35 bits per heavy atom. The molecule has 1 aromatic heterocycles. The van der Waals surface area contributed by atoms with Gasteiger partial charge in [0.15, 0.2) is 0 Å². The highest BCUT2D eigenvalue weighted by molar-refractivity contribution is 9.10. The second kappa shape index (κ2) is 7.37. The summed E-state index contributed by atoms with van der Waals surface area (Å²) in [7, 11) is 3.51. The number of likely N-dealkylation sites (N-methyl/N-ethyl adjacent to an activating group) is 1. The molecule has 0 unspecified atom stereocenters. The van der Waals surface area contributed by atoms with E-state index in [9.17, 15) is 4.79 Å². The molecule has 17 heavy (non-hydrogen) atoms. The highest BCUT2D eigenvalue weighted by Crippen LogP contribution is 2.10. The van der Waals surface area contributed by atoms with Crippen molar-refractivity contribution in [2.45, 2.75) is 0 Å². The Morgan fingerprint density at radius 3 is 2.94 bits per heavy atom. The molecule has 1 rings (SSSR count). The Kier molecular flexibility index (Phi) is 6.10. The van der Waals surface area contributed by atoms with Gasteiger partial charge in [0.2, 0.25) is 5.91 Å². The lowest BCUT2D eigenvalue weighted by molar-refractivity contribution is -0.117. The number of rotatable bonds is 6. The smallest absolute Gasteiger partial charge is 0.239 e. The molecular weight excluding hydrogens is 286 g/mol. The van der Waals surface area contributed by atoms with Crippen LogP contribution in [0, 0.1) is 0 Å². The number of nitrogens with one attached hydrogen (secondary N) is 1. The third kappa shape index (κ3) is 5.76. The minimum atomic E-state index is -0.0848. The minimum absolute atomic E-state index is 0.0848. The van der Waals surface area contributed by atoms with Crippen LogP contribution in [0.3, 0.4) is 0 Å². The van der Waals surface area contributed by atoms with Gasteiger partial charge in [0.05, 0.1) is 13.2 Å². The van der Waals surface area contributed by atoms with Crippen LogP contribution in [0.25, 0.3) is 0 Å². The highest BCUT2D eigenvalue weighted by atomic mass is 79.9. The largest absolute Gasteiger partial charge is 0.383 e. The summed E-state index contributed by atoms with van der Waals surface area (Å²) in [6.07, 6.45) is 1.64. The van der Waals surface area contributed by atoms with Gasteiger partial charge in [-0.1, -0.05) is 0 Å². The number of pyridine rings is 1. The van der Waals surface area contributed by atoms with E-state index in [2.05, 4.69) is 26.2 Å². The maximum atomic E-state index is 11.6. The van der Waals surface area contributed by atoms with E-state index in [1.807, 2.05) is 18.0 Å². The summed E-state index contributed by atoms with van der Waals surface area (Å²) in [5.74, 6) is 0.469. The maximum absolute atomic E-state index is 11.6. The Hall–Kier alpha value is -0.980. The van der Waals surface area contributed by atoms with Crippen molar-refractivity contribution in [2.75, 3.05) is 39.2 Å². The molecule has 1 heterocycles. The van der Waals surface area contributed by atoms with Crippen molar-refractivity contribution in [1.29, 1.82) is 0 Å². The lowest BCUT2D eigenvalue weighted by atomic mass is 10.4. The summed E-state index contributed by atoms with van der Waals surface area (Å²) in [5.41, 5.74) is 0. The second-order valence-electron chi connectivity index (χ2n) is 3.64. The third-order valence-corrected chi connectivity index (χ3v) is 2.55. The summed E-state index contributed by atoms with van der Waals surface area (Å²) in [6.45, 7) is 1.65. The van der Waals surface area contributed by atoms with Crippen molar-refractivity contribution >= 4 is 27.7 Å². The van der Waals surface area contributed by atoms with Gasteiger partial charge >= 0.3 is 0 Å². The number of methoxy groups -OCH3 is 1. The van der Waals surface area contributed by atoms with Crippen molar-refractivity contribution in [3.05, 3.63) is 22.8 Å². The quantitative estimate of drug-likeness (QED) is 0.862. The van der Waals surface area contributed by atoms with Gasteiger partial charge in [0, 0.05) is 24.3 Å². The molecule has 5 nitrogen and oxygen atoms in total. The summed E-state index contributed by atoms with van der Waals surface area (Å²) in [5, 5.41) is 2.72. The number of hydrogen-bond acceptors (Lipinski definition) is 4. The van der Waals surface area contributed by atoms with Crippen LogP contribution in [-0.4, -0.2) is 49.6 Å². The first-order chi connectivity index (χ1) is 8.11. The molecular formula is C11H16BrN3O2. The number of halogens is 1. The highest BCUT2D eigenvalue weighted by Gasteiger charge is 2.06. The number of carbonyl (C=O) groups is 1. The lowest BCUT2D eigenvalue weighted by Gasteiger charge is -2.15. The van der Waals surface area contributed by atoms with Gasteiger partial charge in [-0.15, -0.1) is 0 Å². The normalized spacial score (nSPS) is 10.6. The Labute approximate surface area is 109 Å². The van der Waals surface area contributed by atoms with Gasteiger partial charge in [-0.2, -0.15) is 0 Å². The molecule has 0 radical (unpaired) electrons. The van der Waals surface area contributed by atoms with Gasteiger partial charge in [-0.25, -0.2) is 4.98 Å². The molecule has 1 amide bonds. The zero-order valence-corrected chi connectivity index (χ0v) is 11.5. The predicted molar refractivity (Wildman–Crippen MR) is 69.9 cm³/mol. The van der Waals surface area contributed by atoms with E-state index in [1.165, 1.54) is 0 Å². The molecule has 94 valence electrons. The van der Waals surface area contributed by atoms with Gasteiger partial charge in [-0.3, -0.25) is 9.69 Å². The van der Waals surface area contributed by atoms with E-state index in [4.69, 9.17) is 4.74 Å². The molecule has 0 bridgehead atoms. The monoisotopic (exact) mass is 301 g/mol. The van der Waals surface area contributed by atoms with Gasteiger partial charge in [-0.05, 0) is 35.1 Å². The van der Waals surface area contributed by atoms with Crippen molar-refractivity contribution < 1.29 is 9.53 Å². The summed E-state index contributed by atoms with van der Waals surface area (Å²) >= 11 is 3.28. The molecule has 6 heteroatoms. The average molecular weight is 302 g/mol. The molecule has 1 aromatic rings.